The second kappa shape index (κ2) is 9.37. The highest BCUT2D eigenvalue weighted by Crippen LogP contribution is 2.32. The van der Waals surface area contributed by atoms with Crippen molar-refractivity contribution in [1.29, 1.82) is 0 Å². The van der Waals surface area contributed by atoms with E-state index in [0.717, 1.165) is 26.1 Å². The Hall–Kier alpha value is -4.16. The van der Waals surface area contributed by atoms with Gasteiger partial charge in [0.25, 0.3) is 5.56 Å². The summed E-state index contributed by atoms with van der Waals surface area (Å²) in [5.41, 5.74) is 8.00. The number of nitrogens with zero attached hydrogens (tertiary/aromatic N) is 4. The first kappa shape index (κ1) is 23.3. The third-order valence-electron chi connectivity index (χ3n) is 7.45. The molecule has 1 aliphatic rings. The van der Waals surface area contributed by atoms with E-state index in [0.29, 0.717) is 23.3 Å². The molecule has 0 aliphatic carbocycles. The summed E-state index contributed by atoms with van der Waals surface area (Å²) in [6.45, 7) is 6.56. The largest absolute Gasteiger partial charge is 0.504 e. The van der Waals surface area contributed by atoms with Crippen molar-refractivity contribution in [3.63, 3.8) is 0 Å². The van der Waals surface area contributed by atoms with E-state index in [4.69, 9.17) is 0 Å². The monoisotopic (exact) mass is 490 g/mol. The summed E-state index contributed by atoms with van der Waals surface area (Å²) < 4.78 is 3.80. The van der Waals surface area contributed by atoms with Crippen LogP contribution in [-0.4, -0.2) is 37.0 Å². The lowest BCUT2D eigenvalue weighted by molar-refractivity contribution is 0.256. The average Bonchev–Trinajstić information content (AvgIpc) is 3.20. The smallest absolute Gasteiger partial charge is 0.261 e. The maximum absolute atomic E-state index is 13.2. The van der Waals surface area contributed by atoms with Gasteiger partial charge in [-0.25, -0.2) is 4.98 Å². The third kappa shape index (κ3) is 4.23. The first-order valence-corrected chi connectivity index (χ1v) is 12.8. The lowest BCUT2D eigenvalue weighted by Gasteiger charge is -2.28. The predicted octanol–water partition coefficient (Wildman–Crippen LogP) is 5.20. The van der Waals surface area contributed by atoms with Crippen LogP contribution in [0.3, 0.4) is 0 Å². The van der Waals surface area contributed by atoms with Gasteiger partial charge in [-0.2, -0.15) is 0 Å². The normalized spacial score (nSPS) is 14.1. The molecule has 3 aromatic heterocycles. The van der Waals surface area contributed by atoms with E-state index >= 15 is 0 Å². The number of rotatable bonds is 5. The van der Waals surface area contributed by atoms with Crippen LogP contribution < -0.4 is 5.56 Å². The topological polar surface area (TPSA) is 62.8 Å². The third-order valence-corrected chi connectivity index (χ3v) is 7.45. The van der Waals surface area contributed by atoms with Gasteiger partial charge in [0.15, 0.2) is 11.4 Å². The molecule has 37 heavy (non-hydrogen) atoms. The van der Waals surface area contributed by atoms with E-state index in [9.17, 15) is 9.90 Å². The Balaban J connectivity index is 1.30. The van der Waals surface area contributed by atoms with Crippen molar-refractivity contribution in [2.24, 2.45) is 0 Å². The van der Waals surface area contributed by atoms with Crippen molar-refractivity contribution in [3.05, 3.63) is 111 Å². The Morgan fingerprint density at radius 3 is 2.73 bits per heavy atom. The summed E-state index contributed by atoms with van der Waals surface area (Å²) in [6.07, 6.45) is 7.61. The van der Waals surface area contributed by atoms with E-state index in [1.165, 1.54) is 37.7 Å². The number of hydrogen-bond acceptors (Lipinski definition) is 4. The molecule has 0 unspecified atom stereocenters. The van der Waals surface area contributed by atoms with Gasteiger partial charge in [-0.1, -0.05) is 42.0 Å². The van der Waals surface area contributed by atoms with Gasteiger partial charge in [-0.15, -0.1) is 0 Å². The minimum atomic E-state index is -0.102. The molecule has 6 heteroatoms. The molecule has 0 fully saturated rings. The van der Waals surface area contributed by atoms with Crippen molar-refractivity contribution >= 4 is 28.8 Å². The van der Waals surface area contributed by atoms with E-state index in [1.54, 1.807) is 18.3 Å². The van der Waals surface area contributed by atoms with Gasteiger partial charge in [0.1, 0.15) is 0 Å². The van der Waals surface area contributed by atoms with E-state index in [2.05, 4.69) is 76.1 Å². The quantitative estimate of drug-likeness (QED) is 0.368. The second-order valence-corrected chi connectivity index (χ2v) is 9.89. The fraction of sp³-hybridized carbons (Fsp3) is 0.226. The molecule has 0 radical (unpaired) electrons. The Morgan fingerprint density at radius 2 is 1.89 bits per heavy atom. The van der Waals surface area contributed by atoms with Crippen molar-refractivity contribution < 1.29 is 5.11 Å². The molecule has 6 rings (SSSR count). The van der Waals surface area contributed by atoms with Crippen molar-refractivity contribution in [1.82, 2.24) is 18.9 Å². The fourth-order valence-electron chi connectivity index (χ4n) is 5.50. The van der Waals surface area contributed by atoms with Gasteiger partial charge >= 0.3 is 0 Å². The lowest BCUT2D eigenvalue weighted by Crippen LogP contribution is -2.34. The van der Waals surface area contributed by atoms with E-state index in [-0.39, 0.29) is 11.3 Å². The maximum Gasteiger partial charge on any atom is 0.261 e. The molecule has 6 nitrogen and oxygen atoms in total. The van der Waals surface area contributed by atoms with Gasteiger partial charge in [0.2, 0.25) is 0 Å². The first-order chi connectivity index (χ1) is 18.0. The predicted molar refractivity (Wildman–Crippen MR) is 149 cm³/mol. The molecule has 4 heterocycles. The number of aromatic hydroxyl groups is 1. The Bertz CT molecular complexity index is 1710. The van der Waals surface area contributed by atoms with Gasteiger partial charge in [-0.3, -0.25) is 14.1 Å². The molecule has 0 bridgehead atoms. The number of pyridine rings is 1. The molecule has 0 saturated carbocycles. The van der Waals surface area contributed by atoms with Crippen LogP contribution in [0.15, 0.2) is 71.7 Å². The van der Waals surface area contributed by atoms with Gasteiger partial charge < -0.3 is 9.67 Å². The standard InChI is InChI=1S/C31H30N4O2/c1-21-10-11-27-25(19-21)26-20-33(17-14-28(26)34(27)18-12-23-7-4-3-5-8-23)16-13-24-22(2)32-30-29(36)9-6-15-35(30)31(24)37/h3-12,15,18-19,36H,13-14,16-17,20H2,1-2H3/b18-12+. The summed E-state index contributed by atoms with van der Waals surface area (Å²) in [6, 6.07) is 20.3. The van der Waals surface area contributed by atoms with Gasteiger partial charge in [0, 0.05) is 60.8 Å². The van der Waals surface area contributed by atoms with Crippen molar-refractivity contribution in [2.45, 2.75) is 33.2 Å². The molecule has 0 spiro atoms. The molecular weight excluding hydrogens is 460 g/mol. The number of fused-ring (bicyclic) bond motifs is 4. The summed E-state index contributed by atoms with van der Waals surface area (Å²) in [5.74, 6) is 0.0193. The summed E-state index contributed by atoms with van der Waals surface area (Å²) >= 11 is 0. The molecule has 1 N–H and O–H groups in total. The zero-order chi connectivity index (χ0) is 25.5. The van der Waals surface area contributed by atoms with Crippen LogP contribution in [0.25, 0.3) is 28.8 Å². The zero-order valence-electron chi connectivity index (χ0n) is 21.2. The number of benzene rings is 2. The highest BCUT2D eigenvalue weighted by molar-refractivity contribution is 5.89. The molecule has 1 aliphatic heterocycles. The Morgan fingerprint density at radius 1 is 1.05 bits per heavy atom. The Labute approximate surface area is 215 Å². The molecule has 0 atom stereocenters. The van der Waals surface area contributed by atoms with Crippen molar-refractivity contribution in [2.75, 3.05) is 13.1 Å². The molecule has 5 aromatic rings. The van der Waals surface area contributed by atoms with Crippen molar-refractivity contribution in [3.8, 4) is 5.75 Å². The summed E-state index contributed by atoms with van der Waals surface area (Å²) in [7, 11) is 0. The van der Waals surface area contributed by atoms with Crippen LogP contribution in [-0.2, 0) is 19.4 Å². The van der Waals surface area contributed by atoms with E-state index < -0.39 is 0 Å². The minimum Gasteiger partial charge on any atom is -0.504 e. The number of aryl methyl sites for hydroxylation is 2. The molecule has 0 saturated heterocycles. The van der Waals surface area contributed by atoms with Crippen LogP contribution in [0.2, 0.25) is 0 Å². The SMILES string of the molecule is Cc1ccc2c(c1)c1c(n2/C=C/c2ccccc2)CCN(CCc2c(C)nc3c(O)cccn3c2=O)C1. The number of aromatic nitrogens is 3. The molecule has 0 amide bonds. The summed E-state index contributed by atoms with van der Waals surface area (Å²) in [4.78, 5) is 20.1. The fourth-order valence-corrected chi connectivity index (χ4v) is 5.50. The van der Waals surface area contributed by atoms with Gasteiger partial charge in [-0.05, 0) is 61.7 Å². The summed E-state index contributed by atoms with van der Waals surface area (Å²) in [5, 5.41) is 11.4. The van der Waals surface area contributed by atoms with Crippen LogP contribution in [0, 0.1) is 13.8 Å². The minimum absolute atomic E-state index is 0.0193. The van der Waals surface area contributed by atoms with Gasteiger partial charge in [0.05, 0.1) is 5.52 Å². The highest BCUT2D eigenvalue weighted by Gasteiger charge is 2.24. The molecule has 186 valence electrons. The molecule has 2 aromatic carbocycles. The second-order valence-electron chi connectivity index (χ2n) is 9.89. The van der Waals surface area contributed by atoms with Crippen LogP contribution in [0.4, 0.5) is 0 Å². The van der Waals surface area contributed by atoms with Crippen LogP contribution in [0.1, 0.15) is 33.6 Å². The van der Waals surface area contributed by atoms with Crippen LogP contribution >= 0.6 is 0 Å². The molecular formula is C31H30N4O2. The number of hydrogen-bond donors (Lipinski definition) is 1. The highest BCUT2D eigenvalue weighted by atomic mass is 16.3. The zero-order valence-corrected chi connectivity index (χ0v) is 21.2. The lowest BCUT2D eigenvalue weighted by atomic mass is 10.0. The van der Waals surface area contributed by atoms with E-state index in [1.807, 2.05) is 13.0 Å². The Kier molecular flexibility index (Phi) is 5.89. The average molecular weight is 491 g/mol. The van der Waals surface area contributed by atoms with Crippen LogP contribution in [0.5, 0.6) is 5.75 Å². The first-order valence-electron chi connectivity index (χ1n) is 12.8. The maximum atomic E-state index is 13.2.